The molecule has 0 saturated carbocycles. The average Bonchev–Trinajstić information content (AvgIpc) is 3.43. The second-order valence-electron chi connectivity index (χ2n) is 7.22. The van der Waals surface area contributed by atoms with Crippen molar-refractivity contribution in [1.29, 1.82) is 0 Å². The van der Waals surface area contributed by atoms with Crippen LogP contribution in [0.3, 0.4) is 0 Å². The molecule has 0 N–H and O–H groups in total. The van der Waals surface area contributed by atoms with Crippen molar-refractivity contribution in [3.05, 3.63) is 71.6 Å². The molecule has 28 heavy (non-hydrogen) atoms. The van der Waals surface area contributed by atoms with E-state index in [2.05, 4.69) is 41.3 Å². The first kappa shape index (κ1) is 18.4. The number of amides is 1. The zero-order valence-electron chi connectivity index (χ0n) is 16.2. The average molecular weight is 375 g/mol. The van der Waals surface area contributed by atoms with Crippen LogP contribution in [0, 0.1) is 0 Å². The summed E-state index contributed by atoms with van der Waals surface area (Å²) in [5, 5.41) is 4.07. The Bertz CT molecular complexity index is 919. The fourth-order valence-electron chi connectivity index (χ4n) is 3.81. The molecule has 1 aliphatic rings. The fraction of sp³-hybridized carbons (Fsp3) is 0.348. The van der Waals surface area contributed by atoms with Gasteiger partial charge in [-0.15, -0.1) is 0 Å². The summed E-state index contributed by atoms with van der Waals surface area (Å²) < 4.78 is 5.37. The van der Waals surface area contributed by atoms with Gasteiger partial charge in [-0.3, -0.25) is 4.79 Å². The quantitative estimate of drug-likeness (QED) is 0.632. The van der Waals surface area contributed by atoms with E-state index in [0.717, 1.165) is 31.4 Å². The van der Waals surface area contributed by atoms with E-state index in [4.69, 9.17) is 4.52 Å². The lowest BCUT2D eigenvalue weighted by Gasteiger charge is -2.25. The Morgan fingerprint density at radius 3 is 2.68 bits per heavy atom. The number of benzene rings is 2. The molecule has 1 unspecified atom stereocenters. The number of rotatable bonds is 6. The monoisotopic (exact) mass is 375 g/mol. The van der Waals surface area contributed by atoms with E-state index in [9.17, 15) is 4.79 Å². The van der Waals surface area contributed by atoms with E-state index in [1.807, 2.05) is 35.2 Å². The first-order valence-electron chi connectivity index (χ1n) is 10.0. The van der Waals surface area contributed by atoms with E-state index >= 15 is 0 Å². The van der Waals surface area contributed by atoms with Crippen molar-refractivity contribution in [1.82, 2.24) is 15.0 Å². The third-order valence-corrected chi connectivity index (χ3v) is 5.40. The minimum absolute atomic E-state index is 0.151. The molecule has 0 aliphatic carbocycles. The maximum atomic E-state index is 12.8. The van der Waals surface area contributed by atoms with Gasteiger partial charge in [-0.25, -0.2) is 0 Å². The fourth-order valence-corrected chi connectivity index (χ4v) is 3.81. The van der Waals surface area contributed by atoms with E-state index in [-0.39, 0.29) is 11.9 Å². The Morgan fingerprint density at radius 1 is 1.14 bits per heavy atom. The lowest BCUT2D eigenvalue weighted by atomic mass is 10.0. The lowest BCUT2D eigenvalue weighted by molar-refractivity contribution is -0.132. The first-order chi connectivity index (χ1) is 13.7. The minimum Gasteiger partial charge on any atom is -0.339 e. The second-order valence-corrected chi connectivity index (χ2v) is 7.22. The number of carbonyl (C=O) groups is 1. The SMILES string of the molecule is CCc1ccc(-c2noc(CCC(=O)N3CCCC3c3ccccc3)n2)cc1. The van der Waals surface area contributed by atoms with Crippen LogP contribution in [0.1, 0.15) is 49.2 Å². The highest BCUT2D eigenvalue weighted by Crippen LogP contribution is 2.32. The number of carbonyl (C=O) groups excluding carboxylic acids is 1. The Balaban J connectivity index is 1.38. The summed E-state index contributed by atoms with van der Waals surface area (Å²) in [5.74, 6) is 1.24. The predicted molar refractivity (Wildman–Crippen MR) is 108 cm³/mol. The van der Waals surface area contributed by atoms with Gasteiger partial charge in [0.25, 0.3) is 0 Å². The number of aromatic nitrogens is 2. The molecule has 5 nitrogen and oxygen atoms in total. The summed E-state index contributed by atoms with van der Waals surface area (Å²) in [6.45, 7) is 2.94. The van der Waals surface area contributed by atoms with Crippen molar-refractivity contribution in [2.24, 2.45) is 0 Å². The van der Waals surface area contributed by atoms with Gasteiger partial charge in [0, 0.05) is 24.9 Å². The third-order valence-electron chi connectivity index (χ3n) is 5.40. The van der Waals surface area contributed by atoms with Crippen LogP contribution < -0.4 is 0 Å². The van der Waals surface area contributed by atoms with E-state index in [1.54, 1.807) is 0 Å². The van der Waals surface area contributed by atoms with Crippen molar-refractivity contribution >= 4 is 5.91 Å². The van der Waals surface area contributed by atoms with Crippen LogP contribution in [0.5, 0.6) is 0 Å². The zero-order chi connectivity index (χ0) is 19.3. The van der Waals surface area contributed by atoms with Crippen LogP contribution in [-0.2, 0) is 17.6 Å². The Labute approximate surface area is 165 Å². The van der Waals surface area contributed by atoms with Crippen LogP contribution in [0.25, 0.3) is 11.4 Å². The van der Waals surface area contributed by atoms with Gasteiger partial charge < -0.3 is 9.42 Å². The summed E-state index contributed by atoms with van der Waals surface area (Å²) in [7, 11) is 0. The molecule has 0 bridgehead atoms. The largest absolute Gasteiger partial charge is 0.339 e. The highest BCUT2D eigenvalue weighted by Gasteiger charge is 2.29. The molecule has 144 valence electrons. The van der Waals surface area contributed by atoms with Crippen LogP contribution in [0.2, 0.25) is 0 Å². The normalized spacial score (nSPS) is 16.5. The van der Waals surface area contributed by atoms with Gasteiger partial charge in [-0.1, -0.05) is 66.7 Å². The topological polar surface area (TPSA) is 59.2 Å². The standard InChI is InChI=1S/C23H25N3O2/c1-2-17-10-12-19(13-11-17)23-24-21(28-25-23)14-15-22(27)26-16-6-9-20(26)18-7-4-3-5-8-18/h3-5,7-8,10-13,20H,2,6,9,14-16H2,1H3. The molecule has 0 spiro atoms. The van der Waals surface area contributed by atoms with Crippen molar-refractivity contribution in [3.63, 3.8) is 0 Å². The summed E-state index contributed by atoms with van der Waals surface area (Å²) in [5.41, 5.74) is 3.42. The molecule has 1 amide bonds. The van der Waals surface area contributed by atoms with Gasteiger partial charge in [0.15, 0.2) is 0 Å². The van der Waals surface area contributed by atoms with Crippen molar-refractivity contribution in [2.45, 2.75) is 45.1 Å². The Morgan fingerprint density at radius 2 is 1.93 bits per heavy atom. The maximum absolute atomic E-state index is 12.8. The van der Waals surface area contributed by atoms with Gasteiger partial charge in [-0.05, 0) is 30.4 Å². The third kappa shape index (κ3) is 3.98. The molecule has 2 heterocycles. The highest BCUT2D eigenvalue weighted by molar-refractivity contribution is 5.77. The number of hydrogen-bond acceptors (Lipinski definition) is 4. The van der Waals surface area contributed by atoms with Gasteiger partial charge in [-0.2, -0.15) is 4.98 Å². The van der Waals surface area contributed by atoms with E-state index in [1.165, 1.54) is 11.1 Å². The van der Waals surface area contributed by atoms with Gasteiger partial charge in [0.1, 0.15) is 0 Å². The molecular formula is C23H25N3O2. The molecule has 0 radical (unpaired) electrons. The van der Waals surface area contributed by atoms with Gasteiger partial charge >= 0.3 is 0 Å². The molecule has 1 aromatic heterocycles. The molecule has 2 aromatic carbocycles. The summed E-state index contributed by atoms with van der Waals surface area (Å²) >= 11 is 0. The number of hydrogen-bond donors (Lipinski definition) is 0. The van der Waals surface area contributed by atoms with Crippen LogP contribution in [0.15, 0.2) is 59.1 Å². The highest BCUT2D eigenvalue weighted by atomic mass is 16.5. The van der Waals surface area contributed by atoms with Crippen LogP contribution >= 0.6 is 0 Å². The molecule has 3 aromatic rings. The summed E-state index contributed by atoms with van der Waals surface area (Å²) in [6, 6.07) is 18.6. The molecule has 1 fully saturated rings. The number of likely N-dealkylation sites (tertiary alicyclic amines) is 1. The molecule has 4 rings (SSSR count). The van der Waals surface area contributed by atoms with Gasteiger partial charge in [0.05, 0.1) is 6.04 Å². The van der Waals surface area contributed by atoms with Crippen molar-refractivity contribution < 1.29 is 9.32 Å². The predicted octanol–water partition coefficient (Wildman–Crippen LogP) is 4.60. The molecule has 1 saturated heterocycles. The van der Waals surface area contributed by atoms with Crippen molar-refractivity contribution in [2.75, 3.05) is 6.54 Å². The molecule has 1 aliphatic heterocycles. The molecule has 5 heteroatoms. The number of aryl methyl sites for hydroxylation is 2. The lowest BCUT2D eigenvalue weighted by Crippen LogP contribution is -2.30. The minimum atomic E-state index is 0.151. The number of nitrogens with zero attached hydrogens (tertiary/aromatic N) is 3. The first-order valence-corrected chi connectivity index (χ1v) is 10.0. The van der Waals surface area contributed by atoms with E-state index < -0.39 is 0 Å². The van der Waals surface area contributed by atoms with E-state index in [0.29, 0.717) is 24.6 Å². The van der Waals surface area contributed by atoms with Crippen molar-refractivity contribution in [3.8, 4) is 11.4 Å². The smallest absolute Gasteiger partial charge is 0.227 e. The maximum Gasteiger partial charge on any atom is 0.227 e. The van der Waals surface area contributed by atoms with Crippen LogP contribution in [-0.4, -0.2) is 27.5 Å². The summed E-state index contributed by atoms with van der Waals surface area (Å²) in [6.07, 6.45) is 3.93. The molecular weight excluding hydrogens is 350 g/mol. The second kappa shape index (κ2) is 8.38. The van der Waals surface area contributed by atoms with Gasteiger partial charge in [0.2, 0.25) is 17.6 Å². The summed E-state index contributed by atoms with van der Waals surface area (Å²) in [4.78, 5) is 19.2. The Kier molecular flexibility index (Phi) is 5.51. The zero-order valence-corrected chi connectivity index (χ0v) is 16.2. The van der Waals surface area contributed by atoms with Crippen LogP contribution in [0.4, 0.5) is 0 Å². The Hall–Kier alpha value is -2.95. The molecule has 1 atom stereocenters.